The molecule has 0 spiro atoms. The first-order valence-electron chi connectivity index (χ1n) is 37.7. The van der Waals surface area contributed by atoms with Gasteiger partial charge in [0.05, 0.1) is 34.5 Å². The Kier molecular flexibility index (Phi) is 23.5. The van der Waals surface area contributed by atoms with E-state index in [0.29, 0.717) is 123 Å². The van der Waals surface area contributed by atoms with Gasteiger partial charge in [-0.2, -0.15) is 5.26 Å². The Morgan fingerprint density at radius 2 is 0.784 bits per heavy atom. The molecule has 574 valence electrons. The maximum atomic E-state index is 13.8. The molecule has 0 radical (unpaired) electrons. The lowest BCUT2D eigenvalue weighted by molar-refractivity contribution is -0.146. The van der Waals surface area contributed by atoms with Gasteiger partial charge in [-0.1, -0.05) is 91.0 Å². The Balaban J connectivity index is 0.000000146. The summed E-state index contributed by atoms with van der Waals surface area (Å²) in [6, 6.07) is 40.9. The molecule has 3 aliphatic carbocycles. The molecule has 6 aromatic carbocycles. The average Bonchev–Trinajstić information content (AvgIpc) is 1.61. The molecular formula is C85H89N11O15. The molecule has 9 aromatic rings. The highest BCUT2D eigenvalue weighted by atomic mass is 16.5. The summed E-state index contributed by atoms with van der Waals surface area (Å²) in [6.07, 6.45) is 8.43. The number of rotatable bonds is 20. The first-order valence-corrected chi connectivity index (χ1v) is 37.7. The molecule has 15 rings (SSSR count). The van der Waals surface area contributed by atoms with Gasteiger partial charge in [0.25, 0.3) is 17.7 Å². The van der Waals surface area contributed by atoms with E-state index >= 15 is 0 Å². The van der Waals surface area contributed by atoms with E-state index in [1.807, 2.05) is 127 Å². The number of H-pyrrole nitrogens is 3. The predicted molar refractivity (Wildman–Crippen MR) is 410 cm³/mol. The standard InChI is InChI=1S/C29H31N3O6.C28H30N4O5.C28H28N4O4/c1-37-25-12-6-10-21-20(25)16-22(30-21)28(35)32-14-13-17-7-3-4-9-19(17)26(32)27(34)31-23(29(36)38-2)15-18-8-5-11-24(18)33;1-37-24-11-5-9-20-19(24)15-22(30-20)28(36)32-13-12-16-6-2-3-8-18(16)25(32)27(35)31-21(26(29)34)14-17-7-4-10-23(17)33;1-36-25-11-5-9-22-21(25)15-23(31-22)28(35)32-13-12-17-6-2-3-8-20(17)26(32)27(34)30-19(16-29)14-18-7-4-10-24(18)33/h3-4,6-7,9-10,12,16,18,23,26,30H,5,8,11,13-15H2,1-2H3,(H,31,34);2-3,5-6,8-9,11,15,17,21,25,30H,4,7,10,12-14H2,1H3,(H2,29,34)(H,31,35);2-3,5-6,8-9,11,15,18-19,26,31H,4,7,10,12-14H2,1H3,(H,30,34)/t18-,23-,26-;17-,21-,25-;18-,19-,26-/m000/s1. The van der Waals surface area contributed by atoms with Crippen molar-refractivity contribution in [2.45, 2.75) is 133 Å². The molecule has 9 atom stereocenters. The topological polar surface area (TPSA) is 368 Å². The van der Waals surface area contributed by atoms with Crippen LogP contribution in [0.3, 0.4) is 0 Å². The normalized spacial score (nSPS) is 19.8. The van der Waals surface area contributed by atoms with Crippen LogP contribution < -0.4 is 35.9 Å². The molecule has 0 saturated heterocycles. The molecule has 8 N–H and O–H groups in total. The lowest BCUT2D eigenvalue weighted by Crippen LogP contribution is -2.52. The van der Waals surface area contributed by atoms with Crippen LogP contribution in [0.15, 0.2) is 146 Å². The van der Waals surface area contributed by atoms with Gasteiger partial charge in [0.1, 0.15) is 87.9 Å². The van der Waals surface area contributed by atoms with Crippen LogP contribution >= 0.6 is 0 Å². The Hall–Kier alpha value is -12.4. The fourth-order valence-corrected chi connectivity index (χ4v) is 16.7. The number of nitrogens with two attached hydrogens (primary N) is 1. The number of methoxy groups -OCH3 is 4. The summed E-state index contributed by atoms with van der Waals surface area (Å²) < 4.78 is 21.2. The lowest BCUT2D eigenvalue weighted by Gasteiger charge is -2.37. The number of fused-ring (bicyclic) bond motifs is 6. The highest BCUT2D eigenvalue weighted by Gasteiger charge is 2.44. The number of hydrogen-bond donors (Lipinski definition) is 7. The van der Waals surface area contributed by atoms with E-state index in [0.717, 1.165) is 80.6 Å². The molecule has 6 aliphatic rings. The lowest BCUT2D eigenvalue weighted by atomic mass is 9.91. The van der Waals surface area contributed by atoms with Crippen LogP contribution in [0.4, 0.5) is 0 Å². The van der Waals surface area contributed by atoms with E-state index < -0.39 is 65.8 Å². The molecule has 3 aromatic heterocycles. The van der Waals surface area contributed by atoms with Gasteiger partial charge in [-0.05, 0) is 165 Å². The number of aromatic nitrogens is 3. The van der Waals surface area contributed by atoms with Crippen LogP contribution in [-0.2, 0) is 62.4 Å². The van der Waals surface area contributed by atoms with Crippen molar-refractivity contribution in [2.24, 2.45) is 23.5 Å². The second kappa shape index (κ2) is 34.0. The van der Waals surface area contributed by atoms with Gasteiger partial charge in [-0.3, -0.25) is 47.9 Å². The summed E-state index contributed by atoms with van der Waals surface area (Å²) in [4.78, 5) is 158. The number of ether oxygens (including phenoxy) is 4. The molecule has 0 unspecified atom stereocenters. The fourth-order valence-electron chi connectivity index (χ4n) is 16.7. The van der Waals surface area contributed by atoms with Crippen molar-refractivity contribution >= 4 is 97.4 Å². The van der Waals surface area contributed by atoms with E-state index in [4.69, 9.17) is 24.7 Å². The number of primary amides is 1. The van der Waals surface area contributed by atoms with E-state index in [2.05, 4.69) is 37.0 Å². The molecule has 3 fully saturated rings. The minimum atomic E-state index is -0.997. The average molecular weight is 1500 g/mol. The summed E-state index contributed by atoms with van der Waals surface area (Å²) in [5.41, 5.74) is 14.0. The molecule has 3 saturated carbocycles. The van der Waals surface area contributed by atoms with Crippen molar-refractivity contribution in [1.82, 2.24) is 45.6 Å². The minimum absolute atomic E-state index is 0.0922. The van der Waals surface area contributed by atoms with Gasteiger partial charge in [0.15, 0.2) is 0 Å². The van der Waals surface area contributed by atoms with Gasteiger partial charge < -0.3 is 70.3 Å². The second-order valence-electron chi connectivity index (χ2n) is 29.0. The summed E-state index contributed by atoms with van der Waals surface area (Å²) in [5, 5.41) is 20.5. The van der Waals surface area contributed by atoms with E-state index in [1.54, 1.807) is 44.4 Å². The highest BCUT2D eigenvalue weighted by molar-refractivity contribution is 6.05. The number of ketones is 3. The summed E-state index contributed by atoms with van der Waals surface area (Å²) in [5.74, 6) is -2.20. The van der Waals surface area contributed by atoms with Crippen molar-refractivity contribution in [1.29, 1.82) is 5.26 Å². The fraction of sp³-hybridized carbons (Fsp3) is 0.365. The van der Waals surface area contributed by atoms with Gasteiger partial charge >= 0.3 is 5.97 Å². The predicted octanol–water partition coefficient (Wildman–Crippen LogP) is 9.66. The molecule has 0 bridgehead atoms. The largest absolute Gasteiger partial charge is 0.496 e. The first-order chi connectivity index (χ1) is 53.8. The number of Topliss-reactive ketones (excluding diaryl/α,β-unsaturated/α-hetero) is 3. The quantitative estimate of drug-likeness (QED) is 0.0349. The number of nitrogens with one attached hydrogen (secondary N) is 6. The number of amides is 7. The molecule has 6 heterocycles. The highest BCUT2D eigenvalue weighted by Crippen LogP contribution is 2.39. The molecule has 26 nitrogen and oxygen atoms in total. The number of carbonyl (C=O) groups is 11. The van der Waals surface area contributed by atoms with Crippen molar-refractivity contribution in [2.75, 3.05) is 48.1 Å². The van der Waals surface area contributed by atoms with Crippen LogP contribution in [0.2, 0.25) is 0 Å². The zero-order chi connectivity index (χ0) is 78.1. The van der Waals surface area contributed by atoms with Crippen molar-refractivity contribution in [3.8, 4) is 23.3 Å². The summed E-state index contributed by atoms with van der Waals surface area (Å²) in [7, 11) is 5.98. The van der Waals surface area contributed by atoms with Crippen LogP contribution in [0.5, 0.6) is 17.2 Å². The second-order valence-corrected chi connectivity index (χ2v) is 29.0. The SMILES string of the molecule is COC(=O)[C@H](C[C@@H]1CCCC1=O)NC(=O)[C@@H]1c2ccccc2CCN1C(=O)c1cc2c(OC)cccc2[nH]1.COc1cccc2[nH]c(C(=O)N3CCc4ccccc4[C@H]3C(=O)N[C@@H](C[C@@H]3CCCC3=O)C(N)=O)cc12.COc1cccc2[nH]c(C(=O)N3CCc4ccccc4[C@H]3C(=O)N[C@H](C#N)C[C@@H]3CCCC3=O)cc12. The third kappa shape index (κ3) is 16.3. The number of benzene rings is 6. The Morgan fingerprint density at radius 1 is 0.450 bits per heavy atom. The van der Waals surface area contributed by atoms with E-state index in [9.17, 15) is 58.0 Å². The van der Waals surface area contributed by atoms with Crippen molar-refractivity contribution < 1.29 is 71.7 Å². The summed E-state index contributed by atoms with van der Waals surface area (Å²) in [6.45, 7) is 1.01. The van der Waals surface area contributed by atoms with E-state index in [-0.39, 0.29) is 65.7 Å². The van der Waals surface area contributed by atoms with Crippen molar-refractivity contribution in [3.05, 3.63) is 196 Å². The number of nitriles is 1. The number of esters is 1. The van der Waals surface area contributed by atoms with Gasteiger partial charge in [-0.25, -0.2) is 4.79 Å². The maximum absolute atomic E-state index is 13.8. The molecular weight excluding hydrogens is 1410 g/mol. The van der Waals surface area contributed by atoms with E-state index in [1.165, 1.54) is 16.9 Å². The van der Waals surface area contributed by atoms with Gasteiger partial charge in [0, 0.05) is 89.4 Å². The van der Waals surface area contributed by atoms with Gasteiger partial charge in [0.2, 0.25) is 23.6 Å². The number of aromatic amines is 3. The van der Waals surface area contributed by atoms with Crippen LogP contribution in [0.25, 0.3) is 32.7 Å². The molecule has 26 heteroatoms. The Bertz CT molecular complexity index is 5150. The third-order valence-corrected chi connectivity index (χ3v) is 22.4. The number of hydrogen-bond acceptors (Lipinski definition) is 16. The Labute approximate surface area is 640 Å². The number of carbonyl (C=O) groups excluding carboxylic acids is 11. The summed E-state index contributed by atoms with van der Waals surface area (Å²) >= 11 is 0. The third-order valence-electron chi connectivity index (χ3n) is 22.4. The van der Waals surface area contributed by atoms with Crippen molar-refractivity contribution in [3.63, 3.8) is 0 Å². The zero-order valence-electron chi connectivity index (χ0n) is 62.3. The Morgan fingerprint density at radius 3 is 1.11 bits per heavy atom. The van der Waals surface area contributed by atoms with Crippen LogP contribution in [0.1, 0.15) is 160 Å². The molecule has 7 amide bonds. The zero-order valence-corrected chi connectivity index (χ0v) is 62.3. The molecule has 111 heavy (non-hydrogen) atoms. The smallest absolute Gasteiger partial charge is 0.328 e. The number of nitrogens with zero attached hydrogens (tertiary/aromatic N) is 4. The molecule has 3 aliphatic heterocycles. The van der Waals surface area contributed by atoms with Gasteiger partial charge in [-0.15, -0.1) is 0 Å². The van der Waals surface area contributed by atoms with Crippen LogP contribution in [-0.4, -0.2) is 161 Å². The minimum Gasteiger partial charge on any atom is -0.496 e. The first kappa shape index (κ1) is 76.8. The monoisotopic (exact) mass is 1500 g/mol. The van der Waals surface area contributed by atoms with Crippen LogP contribution in [0, 0.1) is 29.1 Å². The maximum Gasteiger partial charge on any atom is 0.328 e.